The predicted octanol–water partition coefficient (Wildman–Crippen LogP) is 4.49. The maximum absolute atomic E-state index is 12.1. The van der Waals surface area contributed by atoms with Crippen molar-refractivity contribution in [2.75, 3.05) is 5.32 Å². The number of hydrogen-bond donors (Lipinski definition) is 1. The number of halogens is 1. The van der Waals surface area contributed by atoms with E-state index in [1.165, 1.54) is 12.4 Å². The van der Waals surface area contributed by atoms with Crippen LogP contribution in [0.2, 0.25) is 0 Å². The molecule has 1 amide bonds. The zero-order valence-corrected chi connectivity index (χ0v) is 14.9. The maximum atomic E-state index is 12.1. The Morgan fingerprint density at radius 3 is 2.25 bits per heavy atom. The molecular weight excluding hydrogens is 388 g/mol. The third kappa shape index (κ3) is 4.37. The number of aromatic nitrogens is 1. The third-order valence-corrected chi connectivity index (χ3v) is 4.74. The Kier molecular flexibility index (Phi) is 5.17. The summed E-state index contributed by atoms with van der Waals surface area (Å²) < 4.78 is 1.65. The molecule has 3 aromatic rings. The minimum Gasteiger partial charge on any atom is -0.619 e. The van der Waals surface area contributed by atoms with E-state index < -0.39 is 0 Å². The molecule has 4 nitrogen and oxygen atoms in total. The Bertz CT molecular complexity index is 852. The first-order valence-electron chi connectivity index (χ1n) is 7.14. The average molecular weight is 401 g/mol. The van der Waals surface area contributed by atoms with E-state index in [-0.39, 0.29) is 5.91 Å². The number of rotatable bonds is 4. The molecule has 1 aromatic heterocycles. The van der Waals surface area contributed by atoms with Crippen LogP contribution in [-0.4, -0.2) is 5.91 Å². The standard InChI is InChI=1S/C18H13BrN2O2S/c19-14-3-7-16(8-4-14)24-17-9-5-15(6-10-17)20-18(22)13-2-1-11-21(23)12-13/h1-12H,(H,20,22). The van der Waals surface area contributed by atoms with Gasteiger partial charge in [0.15, 0.2) is 12.4 Å². The van der Waals surface area contributed by atoms with Crippen LogP contribution in [0.4, 0.5) is 5.69 Å². The van der Waals surface area contributed by atoms with Crippen LogP contribution in [0.5, 0.6) is 0 Å². The van der Waals surface area contributed by atoms with Crippen molar-refractivity contribution < 1.29 is 9.52 Å². The Morgan fingerprint density at radius 1 is 1.00 bits per heavy atom. The molecule has 0 fully saturated rings. The number of nitrogens with zero attached hydrogens (tertiary/aromatic N) is 1. The van der Waals surface area contributed by atoms with Crippen LogP contribution in [0.25, 0.3) is 0 Å². The number of benzene rings is 2. The number of amides is 1. The Morgan fingerprint density at radius 2 is 1.62 bits per heavy atom. The van der Waals surface area contributed by atoms with Crippen molar-refractivity contribution in [3.05, 3.63) is 88.3 Å². The molecule has 0 saturated heterocycles. The number of anilines is 1. The van der Waals surface area contributed by atoms with Crippen LogP contribution in [0.3, 0.4) is 0 Å². The van der Waals surface area contributed by atoms with E-state index in [0.717, 1.165) is 14.3 Å². The van der Waals surface area contributed by atoms with Gasteiger partial charge >= 0.3 is 0 Å². The fourth-order valence-corrected chi connectivity index (χ4v) is 3.12. The molecule has 0 saturated carbocycles. The normalized spacial score (nSPS) is 10.4. The molecule has 120 valence electrons. The van der Waals surface area contributed by atoms with Gasteiger partial charge in [-0.1, -0.05) is 27.7 Å². The molecular formula is C18H13BrN2O2S. The first kappa shape index (κ1) is 16.5. The minimum absolute atomic E-state index is 0.312. The molecule has 1 N–H and O–H groups in total. The molecule has 3 rings (SSSR count). The summed E-state index contributed by atoms with van der Waals surface area (Å²) in [5.41, 5.74) is 1.00. The summed E-state index contributed by atoms with van der Waals surface area (Å²) >= 11 is 5.06. The van der Waals surface area contributed by atoms with Crippen molar-refractivity contribution in [1.29, 1.82) is 0 Å². The largest absolute Gasteiger partial charge is 0.619 e. The molecule has 6 heteroatoms. The number of carbonyl (C=O) groups excluding carboxylic acids is 1. The number of nitrogens with one attached hydrogen (secondary N) is 1. The summed E-state index contributed by atoms with van der Waals surface area (Å²) in [4.78, 5) is 14.3. The first-order chi connectivity index (χ1) is 11.6. The van der Waals surface area contributed by atoms with Crippen LogP contribution >= 0.6 is 27.7 Å². The lowest BCUT2D eigenvalue weighted by Crippen LogP contribution is -2.27. The van der Waals surface area contributed by atoms with Crippen LogP contribution in [0.1, 0.15) is 10.4 Å². The number of pyridine rings is 1. The van der Waals surface area contributed by atoms with Gasteiger partial charge in [-0.3, -0.25) is 4.79 Å². The van der Waals surface area contributed by atoms with Gasteiger partial charge in [0.1, 0.15) is 5.56 Å². The number of carbonyl (C=O) groups is 1. The Balaban J connectivity index is 1.66. The van der Waals surface area contributed by atoms with E-state index in [4.69, 9.17) is 0 Å². The third-order valence-electron chi connectivity index (χ3n) is 3.20. The highest BCUT2D eigenvalue weighted by Crippen LogP contribution is 2.29. The van der Waals surface area contributed by atoms with Gasteiger partial charge in [0.2, 0.25) is 0 Å². The first-order valence-corrected chi connectivity index (χ1v) is 8.75. The smallest absolute Gasteiger partial charge is 0.261 e. The summed E-state index contributed by atoms with van der Waals surface area (Å²) in [7, 11) is 0. The van der Waals surface area contributed by atoms with Crippen LogP contribution in [0.15, 0.2) is 87.3 Å². The lowest BCUT2D eigenvalue weighted by atomic mass is 10.2. The van der Waals surface area contributed by atoms with Crippen LogP contribution in [0, 0.1) is 5.21 Å². The topological polar surface area (TPSA) is 56.0 Å². The molecule has 0 unspecified atom stereocenters. The van der Waals surface area contributed by atoms with Crippen molar-refractivity contribution in [3.63, 3.8) is 0 Å². The Hall–Kier alpha value is -2.31. The van der Waals surface area contributed by atoms with E-state index in [0.29, 0.717) is 16.0 Å². The molecule has 0 spiro atoms. The highest BCUT2D eigenvalue weighted by molar-refractivity contribution is 9.10. The van der Waals surface area contributed by atoms with Crippen molar-refractivity contribution in [2.24, 2.45) is 0 Å². The summed E-state index contributed by atoms with van der Waals surface area (Å²) in [6, 6.07) is 18.8. The van der Waals surface area contributed by atoms with E-state index in [1.54, 1.807) is 23.9 Å². The molecule has 0 radical (unpaired) electrons. The van der Waals surface area contributed by atoms with Crippen molar-refractivity contribution in [2.45, 2.75) is 9.79 Å². The summed E-state index contributed by atoms with van der Waals surface area (Å²) in [6.07, 6.45) is 2.58. The second-order valence-electron chi connectivity index (χ2n) is 4.99. The highest BCUT2D eigenvalue weighted by Gasteiger charge is 2.09. The van der Waals surface area contributed by atoms with E-state index >= 15 is 0 Å². The molecule has 0 bridgehead atoms. The second kappa shape index (κ2) is 7.51. The summed E-state index contributed by atoms with van der Waals surface area (Å²) in [5.74, 6) is -0.312. The molecule has 1 heterocycles. The van der Waals surface area contributed by atoms with Crippen LogP contribution < -0.4 is 10.0 Å². The number of hydrogen-bond acceptors (Lipinski definition) is 3. The molecule has 0 aliphatic heterocycles. The minimum atomic E-state index is -0.312. The van der Waals surface area contributed by atoms with Crippen molar-refractivity contribution in [1.82, 2.24) is 0 Å². The molecule has 0 atom stereocenters. The lowest BCUT2D eigenvalue weighted by molar-refractivity contribution is -0.605. The molecule has 24 heavy (non-hydrogen) atoms. The van der Waals surface area contributed by atoms with Gasteiger partial charge in [0.05, 0.1) is 0 Å². The highest BCUT2D eigenvalue weighted by atomic mass is 79.9. The SMILES string of the molecule is O=C(Nc1ccc(Sc2ccc(Br)cc2)cc1)c1ccc[n+]([O-])c1. The zero-order valence-electron chi connectivity index (χ0n) is 12.5. The average Bonchev–Trinajstić information content (AvgIpc) is 2.59. The summed E-state index contributed by atoms with van der Waals surface area (Å²) in [6.45, 7) is 0. The van der Waals surface area contributed by atoms with Gasteiger partial charge in [-0.05, 0) is 54.6 Å². The zero-order chi connectivity index (χ0) is 16.9. The predicted molar refractivity (Wildman–Crippen MR) is 98.1 cm³/mol. The van der Waals surface area contributed by atoms with Crippen molar-refractivity contribution >= 4 is 39.3 Å². The summed E-state index contributed by atoms with van der Waals surface area (Å²) in [5, 5.41) is 14.0. The fraction of sp³-hybridized carbons (Fsp3) is 0. The van der Waals surface area contributed by atoms with E-state index in [1.807, 2.05) is 48.5 Å². The van der Waals surface area contributed by atoms with Gasteiger partial charge < -0.3 is 10.5 Å². The quantitative estimate of drug-likeness (QED) is 0.518. The van der Waals surface area contributed by atoms with Gasteiger partial charge in [0, 0.05) is 26.0 Å². The van der Waals surface area contributed by atoms with Gasteiger partial charge in [-0.2, -0.15) is 4.73 Å². The van der Waals surface area contributed by atoms with Gasteiger partial charge in [-0.15, -0.1) is 0 Å². The molecule has 2 aromatic carbocycles. The fourth-order valence-electron chi connectivity index (χ4n) is 2.04. The lowest BCUT2D eigenvalue weighted by Gasteiger charge is -2.07. The van der Waals surface area contributed by atoms with Crippen molar-refractivity contribution in [3.8, 4) is 0 Å². The maximum Gasteiger partial charge on any atom is 0.261 e. The Labute approximate surface area is 152 Å². The van der Waals surface area contributed by atoms with Gasteiger partial charge in [0.25, 0.3) is 5.91 Å². The molecule has 0 aliphatic carbocycles. The monoisotopic (exact) mass is 400 g/mol. The van der Waals surface area contributed by atoms with Crippen LogP contribution in [-0.2, 0) is 0 Å². The second-order valence-corrected chi connectivity index (χ2v) is 7.05. The van der Waals surface area contributed by atoms with Gasteiger partial charge in [-0.25, -0.2) is 0 Å². The van der Waals surface area contributed by atoms with E-state index in [9.17, 15) is 10.0 Å². The van der Waals surface area contributed by atoms with E-state index in [2.05, 4.69) is 21.2 Å². The molecule has 0 aliphatic rings.